The molecule has 1 heterocycles. The van der Waals surface area contributed by atoms with Crippen LogP contribution < -0.4 is 4.74 Å². The molecule has 1 aromatic rings. The summed E-state index contributed by atoms with van der Waals surface area (Å²) < 4.78 is 5.90. The van der Waals surface area contributed by atoms with Crippen LogP contribution in [0.4, 0.5) is 0 Å². The Kier molecular flexibility index (Phi) is 6.09. The predicted molar refractivity (Wildman–Crippen MR) is 89.6 cm³/mol. The summed E-state index contributed by atoms with van der Waals surface area (Å²) in [6.45, 7) is 10.6. The lowest BCUT2D eigenvalue weighted by atomic mass is 10.2. The molecule has 4 nitrogen and oxygen atoms in total. The smallest absolute Gasteiger partial charge is 0.263 e. The highest BCUT2D eigenvalue weighted by molar-refractivity contribution is 6.31. The van der Waals surface area contributed by atoms with Gasteiger partial charge >= 0.3 is 0 Å². The Hall–Kier alpha value is -1.26. The summed E-state index contributed by atoms with van der Waals surface area (Å²) in [5, 5.41) is 0.711. The second kappa shape index (κ2) is 7.84. The predicted octanol–water partition coefficient (Wildman–Crippen LogP) is 2.97. The Labute approximate surface area is 138 Å². The average Bonchev–Trinajstić information content (AvgIpc) is 2.55. The number of hydrogen-bond donors (Lipinski definition) is 0. The molecular weight excluding hydrogens is 300 g/mol. The zero-order valence-corrected chi connectivity index (χ0v) is 14.4. The highest BCUT2D eigenvalue weighted by Gasteiger charge is 2.27. The van der Waals surface area contributed by atoms with Gasteiger partial charge in [-0.05, 0) is 43.7 Å². The van der Waals surface area contributed by atoms with E-state index in [9.17, 15) is 4.79 Å². The van der Waals surface area contributed by atoms with E-state index >= 15 is 0 Å². The molecule has 0 saturated carbocycles. The van der Waals surface area contributed by atoms with Crippen LogP contribution in [0.3, 0.4) is 0 Å². The minimum Gasteiger partial charge on any atom is -0.481 e. The van der Waals surface area contributed by atoms with E-state index < -0.39 is 6.10 Å². The Morgan fingerprint density at radius 3 is 2.50 bits per heavy atom. The zero-order valence-electron chi connectivity index (χ0n) is 13.6. The van der Waals surface area contributed by atoms with Gasteiger partial charge in [-0.25, -0.2) is 0 Å². The molecule has 1 aliphatic heterocycles. The molecule has 0 bridgehead atoms. The SMILES string of the molecule is CCC(Oc1ccc(Cl)c(C)c1)C(=O)N1CCN(CC)CC1. The van der Waals surface area contributed by atoms with Crippen molar-refractivity contribution in [3.8, 4) is 5.75 Å². The topological polar surface area (TPSA) is 32.8 Å². The van der Waals surface area contributed by atoms with Crippen LogP contribution in [-0.2, 0) is 4.79 Å². The second-order valence-electron chi connectivity index (χ2n) is 5.69. The molecule has 1 atom stereocenters. The van der Waals surface area contributed by atoms with Gasteiger partial charge in [-0.3, -0.25) is 4.79 Å². The molecule has 2 rings (SSSR count). The summed E-state index contributed by atoms with van der Waals surface area (Å²) in [4.78, 5) is 16.9. The maximum absolute atomic E-state index is 12.6. The molecule has 1 amide bonds. The van der Waals surface area contributed by atoms with E-state index in [-0.39, 0.29) is 5.91 Å². The summed E-state index contributed by atoms with van der Waals surface area (Å²) >= 11 is 6.03. The highest BCUT2D eigenvalue weighted by Crippen LogP contribution is 2.23. The van der Waals surface area contributed by atoms with Crippen molar-refractivity contribution in [3.63, 3.8) is 0 Å². The Morgan fingerprint density at radius 2 is 1.95 bits per heavy atom. The third-order valence-corrected chi connectivity index (χ3v) is 4.61. The van der Waals surface area contributed by atoms with E-state index in [4.69, 9.17) is 16.3 Å². The minimum atomic E-state index is -0.422. The maximum atomic E-state index is 12.6. The first kappa shape index (κ1) is 17.1. The van der Waals surface area contributed by atoms with Gasteiger partial charge in [0.05, 0.1) is 0 Å². The van der Waals surface area contributed by atoms with Gasteiger partial charge in [-0.15, -0.1) is 0 Å². The number of ether oxygens (including phenoxy) is 1. The number of benzene rings is 1. The van der Waals surface area contributed by atoms with Crippen molar-refractivity contribution < 1.29 is 9.53 Å². The fourth-order valence-corrected chi connectivity index (χ4v) is 2.77. The Balaban J connectivity index is 1.98. The van der Waals surface area contributed by atoms with Gasteiger partial charge in [0.25, 0.3) is 5.91 Å². The zero-order chi connectivity index (χ0) is 16.1. The van der Waals surface area contributed by atoms with E-state index in [0.717, 1.165) is 38.3 Å². The molecule has 0 aliphatic carbocycles. The summed E-state index contributed by atoms with van der Waals surface area (Å²) in [7, 11) is 0. The van der Waals surface area contributed by atoms with Gasteiger partial charge in [-0.2, -0.15) is 0 Å². The minimum absolute atomic E-state index is 0.0888. The average molecular weight is 325 g/mol. The van der Waals surface area contributed by atoms with Gasteiger partial charge in [0.2, 0.25) is 0 Å². The largest absolute Gasteiger partial charge is 0.481 e. The third kappa shape index (κ3) is 4.14. The van der Waals surface area contributed by atoms with Crippen LogP contribution in [0.1, 0.15) is 25.8 Å². The summed E-state index contributed by atoms with van der Waals surface area (Å²) in [5.41, 5.74) is 0.957. The molecule has 0 radical (unpaired) electrons. The molecule has 1 fully saturated rings. The van der Waals surface area contributed by atoms with Crippen molar-refractivity contribution >= 4 is 17.5 Å². The van der Waals surface area contributed by atoms with E-state index in [0.29, 0.717) is 17.2 Å². The number of aryl methyl sites for hydroxylation is 1. The number of halogens is 1. The summed E-state index contributed by atoms with van der Waals surface area (Å²) in [5.74, 6) is 0.792. The van der Waals surface area contributed by atoms with Crippen LogP contribution in [0.5, 0.6) is 5.75 Å². The second-order valence-corrected chi connectivity index (χ2v) is 6.09. The van der Waals surface area contributed by atoms with Gasteiger partial charge < -0.3 is 14.5 Å². The molecule has 1 unspecified atom stereocenters. The quantitative estimate of drug-likeness (QED) is 0.834. The molecule has 5 heteroatoms. The molecule has 22 heavy (non-hydrogen) atoms. The van der Waals surface area contributed by atoms with E-state index in [1.54, 1.807) is 0 Å². The molecule has 0 spiro atoms. The fourth-order valence-electron chi connectivity index (χ4n) is 2.65. The van der Waals surface area contributed by atoms with Gasteiger partial charge in [0, 0.05) is 31.2 Å². The highest BCUT2D eigenvalue weighted by atomic mass is 35.5. The number of amides is 1. The number of nitrogens with zero attached hydrogens (tertiary/aromatic N) is 2. The number of carbonyl (C=O) groups excluding carboxylic acids is 1. The van der Waals surface area contributed by atoms with Crippen LogP contribution in [0, 0.1) is 6.92 Å². The molecule has 0 N–H and O–H groups in total. The standard InChI is InChI=1S/C17H25ClN2O2/c1-4-16(22-14-6-7-15(18)13(3)12-14)17(21)20-10-8-19(5-2)9-11-20/h6-7,12,16H,4-5,8-11H2,1-3H3. The molecular formula is C17H25ClN2O2. The van der Waals surface area contributed by atoms with Crippen LogP contribution >= 0.6 is 11.6 Å². The fraction of sp³-hybridized carbons (Fsp3) is 0.588. The molecule has 122 valence electrons. The van der Waals surface area contributed by atoms with Crippen LogP contribution in [-0.4, -0.2) is 54.5 Å². The Bertz CT molecular complexity index is 513. The van der Waals surface area contributed by atoms with Crippen molar-refractivity contribution in [3.05, 3.63) is 28.8 Å². The lowest BCUT2D eigenvalue weighted by molar-refractivity contribution is -0.140. The first-order chi connectivity index (χ1) is 10.5. The number of hydrogen-bond acceptors (Lipinski definition) is 3. The van der Waals surface area contributed by atoms with E-state index in [1.165, 1.54) is 0 Å². The van der Waals surface area contributed by atoms with Crippen molar-refractivity contribution in [1.82, 2.24) is 9.80 Å². The summed E-state index contributed by atoms with van der Waals surface area (Å²) in [6, 6.07) is 5.51. The molecule has 1 aromatic carbocycles. The number of rotatable bonds is 5. The third-order valence-electron chi connectivity index (χ3n) is 4.19. The first-order valence-corrected chi connectivity index (χ1v) is 8.36. The van der Waals surface area contributed by atoms with Crippen molar-refractivity contribution in [2.75, 3.05) is 32.7 Å². The Morgan fingerprint density at radius 1 is 1.27 bits per heavy atom. The summed E-state index contributed by atoms with van der Waals surface area (Å²) in [6.07, 6.45) is 0.239. The molecule has 1 aliphatic rings. The van der Waals surface area contributed by atoms with E-state index in [1.807, 2.05) is 36.9 Å². The van der Waals surface area contributed by atoms with Crippen molar-refractivity contribution in [2.45, 2.75) is 33.3 Å². The van der Waals surface area contributed by atoms with Gasteiger partial charge in [0.15, 0.2) is 6.10 Å². The number of likely N-dealkylation sites (N-methyl/N-ethyl adjacent to an activating group) is 1. The van der Waals surface area contributed by atoms with Crippen LogP contribution in [0.2, 0.25) is 5.02 Å². The first-order valence-electron chi connectivity index (χ1n) is 7.99. The lowest BCUT2D eigenvalue weighted by Gasteiger charge is -2.35. The monoisotopic (exact) mass is 324 g/mol. The van der Waals surface area contributed by atoms with Crippen molar-refractivity contribution in [1.29, 1.82) is 0 Å². The van der Waals surface area contributed by atoms with Gasteiger partial charge in [0.1, 0.15) is 5.75 Å². The van der Waals surface area contributed by atoms with Crippen LogP contribution in [0.15, 0.2) is 18.2 Å². The van der Waals surface area contributed by atoms with Crippen LogP contribution in [0.25, 0.3) is 0 Å². The number of carbonyl (C=O) groups is 1. The number of piperazine rings is 1. The van der Waals surface area contributed by atoms with Crippen molar-refractivity contribution in [2.24, 2.45) is 0 Å². The van der Waals surface area contributed by atoms with E-state index in [2.05, 4.69) is 11.8 Å². The molecule has 0 aromatic heterocycles. The van der Waals surface area contributed by atoms with Gasteiger partial charge in [-0.1, -0.05) is 25.4 Å². The maximum Gasteiger partial charge on any atom is 0.263 e. The lowest BCUT2D eigenvalue weighted by Crippen LogP contribution is -2.52. The molecule has 1 saturated heterocycles. The normalized spacial score (nSPS) is 17.4.